The number of nitrogens with zero attached hydrogens (tertiary/aromatic N) is 1. The summed E-state index contributed by atoms with van der Waals surface area (Å²) in [5, 5.41) is 10.3. The maximum Gasteiger partial charge on any atom is 0.0900 e. The summed E-state index contributed by atoms with van der Waals surface area (Å²) in [5.74, 6) is 0. The van der Waals surface area contributed by atoms with Gasteiger partial charge >= 0.3 is 0 Å². The molecule has 0 saturated carbocycles. The molecule has 0 heterocycles. The molecular formula is C20H27NO2. The van der Waals surface area contributed by atoms with Gasteiger partial charge < -0.3 is 9.84 Å². The number of ether oxygens (including phenoxy) is 1. The van der Waals surface area contributed by atoms with E-state index in [4.69, 9.17) is 4.74 Å². The highest BCUT2D eigenvalue weighted by Crippen LogP contribution is 2.09. The minimum absolute atomic E-state index is 0.354. The van der Waals surface area contributed by atoms with Crippen LogP contribution >= 0.6 is 0 Å². The molecule has 2 rings (SSSR count). The highest BCUT2D eigenvalue weighted by Gasteiger charge is 2.15. The molecule has 0 spiro atoms. The third-order valence-electron chi connectivity index (χ3n) is 3.83. The predicted octanol–water partition coefficient (Wildman–Crippen LogP) is 3.47. The second-order valence-corrected chi connectivity index (χ2v) is 6.16. The zero-order chi connectivity index (χ0) is 16.5. The van der Waals surface area contributed by atoms with Crippen LogP contribution in [0.15, 0.2) is 60.7 Å². The Morgan fingerprint density at radius 1 is 0.913 bits per heavy atom. The molecule has 0 amide bonds. The van der Waals surface area contributed by atoms with Crippen LogP contribution in [-0.2, 0) is 17.9 Å². The van der Waals surface area contributed by atoms with Gasteiger partial charge in [0.2, 0.25) is 0 Å². The van der Waals surface area contributed by atoms with E-state index in [1.807, 2.05) is 48.5 Å². The molecule has 124 valence electrons. The van der Waals surface area contributed by atoms with Crippen molar-refractivity contribution < 1.29 is 9.84 Å². The van der Waals surface area contributed by atoms with Gasteiger partial charge in [-0.25, -0.2) is 0 Å². The summed E-state index contributed by atoms with van der Waals surface area (Å²) in [6.45, 7) is 6.65. The lowest BCUT2D eigenvalue weighted by molar-refractivity contribution is 0.00314. The zero-order valence-corrected chi connectivity index (χ0v) is 14.1. The second-order valence-electron chi connectivity index (χ2n) is 6.16. The van der Waals surface area contributed by atoms with Crippen molar-refractivity contribution >= 4 is 0 Å². The molecule has 0 aliphatic heterocycles. The molecule has 0 aliphatic rings. The van der Waals surface area contributed by atoms with E-state index in [0.717, 1.165) is 12.1 Å². The number of aliphatic hydroxyl groups excluding tert-OH is 1. The quantitative estimate of drug-likeness (QED) is 0.769. The van der Waals surface area contributed by atoms with Crippen molar-refractivity contribution in [2.45, 2.75) is 39.1 Å². The lowest BCUT2D eigenvalue weighted by Crippen LogP contribution is -2.38. The standard InChI is InChI=1S/C20H27NO2/c1-17(2)21(13-18-9-5-3-6-10-18)14-20(22)16-23-15-19-11-7-4-8-12-19/h3-12,17,20,22H,13-16H2,1-2H3/t20-/m0/s1. The number of aliphatic hydroxyl groups is 1. The number of rotatable bonds is 9. The zero-order valence-electron chi connectivity index (χ0n) is 14.1. The van der Waals surface area contributed by atoms with E-state index in [1.165, 1.54) is 5.56 Å². The molecule has 0 saturated heterocycles. The first-order valence-corrected chi connectivity index (χ1v) is 8.23. The van der Waals surface area contributed by atoms with Gasteiger partial charge in [0.1, 0.15) is 0 Å². The third kappa shape index (κ3) is 6.53. The summed E-state index contributed by atoms with van der Waals surface area (Å²) in [7, 11) is 0. The molecule has 0 radical (unpaired) electrons. The first kappa shape index (κ1) is 17.7. The van der Waals surface area contributed by atoms with Crippen LogP contribution in [0, 0.1) is 0 Å². The van der Waals surface area contributed by atoms with Crippen molar-refractivity contribution in [2.75, 3.05) is 13.2 Å². The van der Waals surface area contributed by atoms with Crippen molar-refractivity contribution in [3.05, 3.63) is 71.8 Å². The van der Waals surface area contributed by atoms with E-state index in [9.17, 15) is 5.11 Å². The Kier molecular flexibility index (Phi) is 7.27. The second kappa shape index (κ2) is 9.46. The SMILES string of the molecule is CC(C)N(Cc1ccccc1)C[C@H](O)COCc1ccccc1. The van der Waals surface area contributed by atoms with Gasteiger partial charge in [0.25, 0.3) is 0 Å². The monoisotopic (exact) mass is 313 g/mol. The molecule has 2 aromatic rings. The highest BCUT2D eigenvalue weighted by molar-refractivity contribution is 5.15. The number of hydrogen-bond acceptors (Lipinski definition) is 3. The van der Waals surface area contributed by atoms with Gasteiger partial charge in [0, 0.05) is 19.1 Å². The smallest absolute Gasteiger partial charge is 0.0900 e. The van der Waals surface area contributed by atoms with Crippen LogP contribution in [0.5, 0.6) is 0 Å². The minimum atomic E-state index is -0.482. The average Bonchev–Trinajstić information content (AvgIpc) is 2.56. The fourth-order valence-electron chi connectivity index (χ4n) is 2.49. The van der Waals surface area contributed by atoms with Crippen LogP contribution in [-0.4, -0.2) is 35.3 Å². The fourth-order valence-corrected chi connectivity index (χ4v) is 2.49. The maximum atomic E-state index is 10.3. The van der Waals surface area contributed by atoms with Gasteiger partial charge in [-0.1, -0.05) is 60.7 Å². The van der Waals surface area contributed by atoms with Crippen LogP contribution in [0.1, 0.15) is 25.0 Å². The van der Waals surface area contributed by atoms with Crippen molar-refractivity contribution in [1.82, 2.24) is 4.90 Å². The summed E-state index contributed by atoms with van der Waals surface area (Å²) in [6, 6.07) is 20.8. The maximum absolute atomic E-state index is 10.3. The van der Waals surface area contributed by atoms with E-state index in [0.29, 0.717) is 25.8 Å². The van der Waals surface area contributed by atoms with Crippen molar-refractivity contribution in [2.24, 2.45) is 0 Å². The summed E-state index contributed by atoms with van der Waals surface area (Å²) in [6.07, 6.45) is -0.482. The predicted molar refractivity (Wildman–Crippen MR) is 94.1 cm³/mol. The van der Waals surface area contributed by atoms with Gasteiger partial charge in [-0.2, -0.15) is 0 Å². The Labute approximate surface area is 139 Å². The minimum Gasteiger partial charge on any atom is -0.389 e. The normalized spacial score (nSPS) is 12.7. The molecular weight excluding hydrogens is 286 g/mol. The van der Waals surface area contributed by atoms with Crippen molar-refractivity contribution in [3.8, 4) is 0 Å². The topological polar surface area (TPSA) is 32.7 Å². The third-order valence-corrected chi connectivity index (χ3v) is 3.83. The van der Waals surface area contributed by atoms with E-state index in [2.05, 4.69) is 30.9 Å². The molecule has 0 unspecified atom stereocenters. The lowest BCUT2D eigenvalue weighted by Gasteiger charge is -2.28. The van der Waals surface area contributed by atoms with Crippen LogP contribution in [0.3, 0.4) is 0 Å². The lowest BCUT2D eigenvalue weighted by atomic mass is 10.1. The van der Waals surface area contributed by atoms with Gasteiger partial charge in [-0.15, -0.1) is 0 Å². The summed E-state index contributed by atoms with van der Waals surface area (Å²) >= 11 is 0. The molecule has 3 heteroatoms. The van der Waals surface area contributed by atoms with E-state index in [-0.39, 0.29) is 0 Å². The first-order valence-electron chi connectivity index (χ1n) is 8.23. The Morgan fingerprint density at radius 3 is 2.04 bits per heavy atom. The van der Waals surface area contributed by atoms with Crippen molar-refractivity contribution in [3.63, 3.8) is 0 Å². The molecule has 23 heavy (non-hydrogen) atoms. The van der Waals surface area contributed by atoms with Gasteiger partial charge in [-0.3, -0.25) is 4.90 Å². The molecule has 0 aliphatic carbocycles. The Bertz CT molecular complexity index is 542. The first-order chi connectivity index (χ1) is 11.1. The largest absolute Gasteiger partial charge is 0.389 e. The Morgan fingerprint density at radius 2 is 1.48 bits per heavy atom. The molecule has 0 bridgehead atoms. The van der Waals surface area contributed by atoms with E-state index in [1.54, 1.807) is 0 Å². The molecule has 2 aromatic carbocycles. The molecule has 3 nitrogen and oxygen atoms in total. The molecule has 0 fully saturated rings. The fraction of sp³-hybridized carbons (Fsp3) is 0.400. The van der Waals surface area contributed by atoms with Crippen LogP contribution < -0.4 is 0 Å². The van der Waals surface area contributed by atoms with Crippen LogP contribution in [0.2, 0.25) is 0 Å². The van der Waals surface area contributed by atoms with Crippen LogP contribution in [0.4, 0.5) is 0 Å². The Balaban J connectivity index is 1.77. The number of benzene rings is 2. The van der Waals surface area contributed by atoms with Gasteiger partial charge in [0.05, 0.1) is 19.3 Å². The Hall–Kier alpha value is -1.68. The van der Waals surface area contributed by atoms with Gasteiger partial charge in [0.15, 0.2) is 0 Å². The molecule has 0 aromatic heterocycles. The summed E-state index contributed by atoms with van der Waals surface area (Å²) in [4.78, 5) is 2.27. The van der Waals surface area contributed by atoms with E-state index >= 15 is 0 Å². The summed E-state index contributed by atoms with van der Waals surface area (Å²) < 4.78 is 5.64. The van der Waals surface area contributed by atoms with Gasteiger partial charge in [-0.05, 0) is 25.0 Å². The van der Waals surface area contributed by atoms with Crippen molar-refractivity contribution in [1.29, 1.82) is 0 Å². The molecule has 1 N–H and O–H groups in total. The average molecular weight is 313 g/mol. The highest BCUT2D eigenvalue weighted by atomic mass is 16.5. The molecule has 1 atom stereocenters. The van der Waals surface area contributed by atoms with Crippen LogP contribution in [0.25, 0.3) is 0 Å². The number of hydrogen-bond donors (Lipinski definition) is 1. The van der Waals surface area contributed by atoms with E-state index < -0.39 is 6.10 Å². The summed E-state index contributed by atoms with van der Waals surface area (Å²) in [5.41, 5.74) is 2.39.